The van der Waals surface area contributed by atoms with Crippen molar-refractivity contribution in [1.82, 2.24) is 9.78 Å². The summed E-state index contributed by atoms with van der Waals surface area (Å²) in [5.74, 6) is -0.964. The first-order valence-electron chi connectivity index (χ1n) is 3.50. The number of allylic oxidation sites excluding steroid dienone is 1. The van der Waals surface area contributed by atoms with Gasteiger partial charge in [0.1, 0.15) is 5.69 Å². The van der Waals surface area contributed by atoms with Crippen molar-refractivity contribution in [3.63, 3.8) is 0 Å². The zero-order valence-corrected chi connectivity index (χ0v) is 6.82. The Morgan fingerprint density at radius 1 is 1.83 bits per heavy atom. The van der Waals surface area contributed by atoms with E-state index in [-0.39, 0.29) is 5.69 Å². The number of aromatic nitrogens is 2. The first kappa shape index (κ1) is 8.52. The Morgan fingerprint density at radius 2 is 2.50 bits per heavy atom. The van der Waals surface area contributed by atoms with Crippen LogP contribution in [0.25, 0.3) is 0 Å². The van der Waals surface area contributed by atoms with Crippen LogP contribution in [0.1, 0.15) is 17.4 Å². The van der Waals surface area contributed by atoms with E-state index in [0.29, 0.717) is 6.54 Å². The second-order valence-corrected chi connectivity index (χ2v) is 2.64. The zero-order chi connectivity index (χ0) is 9.14. The van der Waals surface area contributed by atoms with Gasteiger partial charge in [0.25, 0.3) is 0 Å². The maximum atomic E-state index is 10.6. The lowest BCUT2D eigenvalue weighted by Crippen LogP contribution is -2.10. The van der Waals surface area contributed by atoms with E-state index < -0.39 is 5.97 Å². The number of carboxylic acids is 1. The van der Waals surface area contributed by atoms with Crippen LogP contribution in [-0.4, -0.2) is 20.9 Å². The summed E-state index contributed by atoms with van der Waals surface area (Å²) < 4.78 is 1.41. The molecule has 1 aromatic rings. The number of aromatic carboxylic acids is 1. The first-order chi connectivity index (χ1) is 5.61. The molecule has 4 heteroatoms. The molecule has 64 valence electrons. The molecule has 1 rings (SSSR count). The lowest BCUT2D eigenvalue weighted by atomic mass is 10.3. The standard InChI is InChI=1S/C8H10N2O2/c1-6(2)5-10-7(8(11)12)3-4-9-10/h3-4H,1,5H2,2H3,(H,11,12). The van der Waals surface area contributed by atoms with Gasteiger partial charge in [-0.1, -0.05) is 12.2 Å². The highest BCUT2D eigenvalue weighted by molar-refractivity contribution is 5.85. The second-order valence-electron chi connectivity index (χ2n) is 2.64. The molecule has 0 spiro atoms. The average molecular weight is 166 g/mol. The van der Waals surface area contributed by atoms with Crippen LogP contribution in [0.15, 0.2) is 24.4 Å². The SMILES string of the molecule is C=C(C)Cn1nccc1C(=O)O. The molecule has 0 saturated heterocycles. The van der Waals surface area contributed by atoms with Crippen molar-refractivity contribution in [3.05, 3.63) is 30.1 Å². The quantitative estimate of drug-likeness (QED) is 0.685. The summed E-state index contributed by atoms with van der Waals surface area (Å²) in [7, 11) is 0. The fourth-order valence-corrected chi connectivity index (χ4v) is 0.896. The fraction of sp³-hybridized carbons (Fsp3) is 0.250. The van der Waals surface area contributed by atoms with Gasteiger partial charge in [-0.05, 0) is 13.0 Å². The molecule has 0 aliphatic heterocycles. The van der Waals surface area contributed by atoms with Gasteiger partial charge >= 0.3 is 5.97 Å². The molecule has 0 radical (unpaired) electrons. The molecule has 0 saturated carbocycles. The van der Waals surface area contributed by atoms with Gasteiger partial charge < -0.3 is 5.11 Å². The minimum absolute atomic E-state index is 0.193. The molecule has 0 amide bonds. The van der Waals surface area contributed by atoms with Crippen molar-refractivity contribution < 1.29 is 9.90 Å². The Bertz CT molecular complexity index is 315. The van der Waals surface area contributed by atoms with Crippen LogP contribution in [0.3, 0.4) is 0 Å². The van der Waals surface area contributed by atoms with Crippen LogP contribution in [0.5, 0.6) is 0 Å². The largest absolute Gasteiger partial charge is 0.477 e. The van der Waals surface area contributed by atoms with Crippen molar-refractivity contribution >= 4 is 5.97 Å². The van der Waals surface area contributed by atoms with Gasteiger partial charge in [0.05, 0.1) is 6.54 Å². The molecule has 0 unspecified atom stereocenters. The number of rotatable bonds is 3. The fourth-order valence-electron chi connectivity index (χ4n) is 0.896. The Balaban J connectivity index is 2.91. The van der Waals surface area contributed by atoms with Crippen LogP contribution in [0, 0.1) is 0 Å². The topological polar surface area (TPSA) is 55.1 Å². The van der Waals surface area contributed by atoms with Crippen molar-refractivity contribution in [3.8, 4) is 0 Å². The molecule has 0 fully saturated rings. The van der Waals surface area contributed by atoms with E-state index in [0.717, 1.165) is 5.57 Å². The first-order valence-corrected chi connectivity index (χ1v) is 3.50. The molecule has 12 heavy (non-hydrogen) atoms. The smallest absolute Gasteiger partial charge is 0.354 e. The van der Waals surface area contributed by atoms with E-state index in [1.165, 1.54) is 16.9 Å². The molecule has 0 bridgehead atoms. The minimum atomic E-state index is -0.964. The Morgan fingerprint density at radius 3 is 3.00 bits per heavy atom. The van der Waals surface area contributed by atoms with Crippen LogP contribution >= 0.6 is 0 Å². The molecule has 4 nitrogen and oxygen atoms in total. The Kier molecular flexibility index (Phi) is 2.28. The predicted molar refractivity (Wildman–Crippen MR) is 44.0 cm³/mol. The number of carboxylic acid groups (broad SMARTS) is 1. The molecule has 1 N–H and O–H groups in total. The number of carbonyl (C=O) groups is 1. The summed E-state index contributed by atoms with van der Waals surface area (Å²) in [5.41, 5.74) is 1.07. The van der Waals surface area contributed by atoms with Gasteiger partial charge in [-0.3, -0.25) is 4.68 Å². The highest BCUT2D eigenvalue weighted by atomic mass is 16.4. The molecular formula is C8H10N2O2. The summed E-state index contributed by atoms with van der Waals surface area (Å²) >= 11 is 0. The number of nitrogens with zero attached hydrogens (tertiary/aromatic N) is 2. The summed E-state index contributed by atoms with van der Waals surface area (Å²) in [5, 5.41) is 12.5. The maximum Gasteiger partial charge on any atom is 0.354 e. The minimum Gasteiger partial charge on any atom is -0.477 e. The summed E-state index contributed by atoms with van der Waals surface area (Å²) in [4.78, 5) is 10.6. The normalized spacial score (nSPS) is 9.75. The van der Waals surface area contributed by atoms with Crippen LogP contribution < -0.4 is 0 Å². The third-order valence-corrected chi connectivity index (χ3v) is 1.36. The van der Waals surface area contributed by atoms with Gasteiger partial charge in [-0.2, -0.15) is 5.10 Å². The van der Waals surface area contributed by atoms with Gasteiger partial charge in [0.2, 0.25) is 0 Å². The summed E-state index contributed by atoms with van der Waals surface area (Å²) in [6.45, 7) is 5.96. The second kappa shape index (κ2) is 3.21. The van der Waals surface area contributed by atoms with E-state index in [4.69, 9.17) is 5.11 Å². The molecule has 1 heterocycles. The van der Waals surface area contributed by atoms with Gasteiger partial charge in [-0.25, -0.2) is 4.79 Å². The molecule has 1 aromatic heterocycles. The monoisotopic (exact) mass is 166 g/mol. The summed E-state index contributed by atoms with van der Waals surface area (Å²) in [6, 6.07) is 1.46. The lowest BCUT2D eigenvalue weighted by Gasteiger charge is -2.02. The molecule has 0 aliphatic carbocycles. The van der Waals surface area contributed by atoms with Crippen molar-refractivity contribution in [2.24, 2.45) is 0 Å². The third-order valence-electron chi connectivity index (χ3n) is 1.36. The van der Waals surface area contributed by atoms with E-state index in [2.05, 4.69) is 11.7 Å². The molecule has 0 aliphatic rings. The Labute approximate surface area is 70.1 Å². The van der Waals surface area contributed by atoms with Gasteiger partial charge in [0.15, 0.2) is 0 Å². The van der Waals surface area contributed by atoms with E-state index >= 15 is 0 Å². The Hall–Kier alpha value is -1.58. The van der Waals surface area contributed by atoms with Crippen molar-refractivity contribution in [2.45, 2.75) is 13.5 Å². The number of hydrogen-bond acceptors (Lipinski definition) is 2. The van der Waals surface area contributed by atoms with Crippen molar-refractivity contribution in [2.75, 3.05) is 0 Å². The average Bonchev–Trinajstić information content (AvgIpc) is 2.33. The van der Waals surface area contributed by atoms with Crippen LogP contribution in [0.2, 0.25) is 0 Å². The number of hydrogen-bond donors (Lipinski definition) is 1. The van der Waals surface area contributed by atoms with Gasteiger partial charge in [0, 0.05) is 6.20 Å². The van der Waals surface area contributed by atoms with Gasteiger partial charge in [-0.15, -0.1) is 0 Å². The highest BCUT2D eigenvalue weighted by Crippen LogP contribution is 2.01. The highest BCUT2D eigenvalue weighted by Gasteiger charge is 2.08. The van der Waals surface area contributed by atoms with Crippen molar-refractivity contribution in [1.29, 1.82) is 0 Å². The molecule has 0 aromatic carbocycles. The predicted octanol–water partition coefficient (Wildman–Crippen LogP) is 1.16. The van der Waals surface area contributed by atoms with Crippen LogP contribution in [-0.2, 0) is 6.54 Å². The van der Waals surface area contributed by atoms with E-state index in [1.807, 2.05) is 6.92 Å². The van der Waals surface area contributed by atoms with E-state index in [1.54, 1.807) is 0 Å². The molecule has 0 atom stereocenters. The van der Waals surface area contributed by atoms with E-state index in [9.17, 15) is 4.79 Å². The van der Waals surface area contributed by atoms with Crippen LogP contribution in [0.4, 0.5) is 0 Å². The zero-order valence-electron chi connectivity index (χ0n) is 6.82. The maximum absolute atomic E-state index is 10.6. The molecular weight excluding hydrogens is 156 g/mol. The summed E-state index contributed by atoms with van der Waals surface area (Å²) in [6.07, 6.45) is 1.46. The third kappa shape index (κ3) is 1.72. The lowest BCUT2D eigenvalue weighted by molar-refractivity contribution is 0.0684.